The van der Waals surface area contributed by atoms with Gasteiger partial charge in [-0.25, -0.2) is 4.39 Å². The van der Waals surface area contributed by atoms with E-state index in [1.54, 1.807) is 18.3 Å². The SMILES string of the molecule is O=C(CCc1ccc(F)cc1Cl)[C@H]1CC[C@@H](O)c2ncccc21. The zero-order valence-electron chi connectivity index (χ0n) is 12.5. The minimum atomic E-state index is -0.596. The summed E-state index contributed by atoms with van der Waals surface area (Å²) in [5, 5.41) is 10.4. The van der Waals surface area contributed by atoms with E-state index in [0.717, 1.165) is 11.1 Å². The Morgan fingerprint density at radius 2 is 2.17 bits per heavy atom. The van der Waals surface area contributed by atoms with Gasteiger partial charge in [0.25, 0.3) is 0 Å². The van der Waals surface area contributed by atoms with Crippen LogP contribution in [0.5, 0.6) is 0 Å². The minimum absolute atomic E-state index is 0.103. The molecule has 3 rings (SSSR count). The lowest BCUT2D eigenvalue weighted by atomic mass is 9.80. The number of rotatable bonds is 4. The summed E-state index contributed by atoms with van der Waals surface area (Å²) >= 11 is 6.00. The van der Waals surface area contributed by atoms with Gasteiger partial charge in [-0.05, 0) is 48.6 Å². The third-order valence-corrected chi connectivity index (χ3v) is 4.69. The summed E-state index contributed by atoms with van der Waals surface area (Å²) in [6.45, 7) is 0. The van der Waals surface area contributed by atoms with Crippen molar-refractivity contribution in [3.8, 4) is 0 Å². The third kappa shape index (κ3) is 3.43. The Morgan fingerprint density at radius 3 is 2.96 bits per heavy atom. The molecule has 3 nitrogen and oxygen atoms in total. The largest absolute Gasteiger partial charge is 0.387 e. The topological polar surface area (TPSA) is 50.2 Å². The van der Waals surface area contributed by atoms with Crippen molar-refractivity contribution in [2.75, 3.05) is 0 Å². The van der Waals surface area contributed by atoms with E-state index < -0.39 is 6.10 Å². The first-order valence-corrected chi connectivity index (χ1v) is 8.03. The highest BCUT2D eigenvalue weighted by Gasteiger charge is 2.31. The smallest absolute Gasteiger partial charge is 0.140 e. The molecule has 1 aromatic heterocycles. The molecule has 120 valence electrons. The molecule has 1 aliphatic rings. The standard InChI is InChI=1S/C18H17ClFNO2/c19-15-10-12(20)5-3-11(15)4-7-16(22)13-6-8-17(23)18-14(13)2-1-9-21-18/h1-3,5,9-10,13,17,23H,4,6-8H2/t13-,17+/m0/s1. The van der Waals surface area contributed by atoms with E-state index in [-0.39, 0.29) is 17.5 Å². The summed E-state index contributed by atoms with van der Waals surface area (Å²) < 4.78 is 13.1. The van der Waals surface area contributed by atoms with Gasteiger partial charge in [-0.3, -0.25) is 9.78 Å². The normalized spacial score (nSPS) is 20.1. The van der Waals surface area contributed by atoms with Crippen molar-refractivity contribution in [3.05, 3.63) is 64.2 Å². The number of aliphatic hydroxyl groups excluding tert-OH is 1. The van der Waals surface area contributed by atoms with Gasteiger partial charge in [0, 0.05) is 23.6 Å². The Labute approximate surface area is 139 Å². The molecule has 0 radical (unpaired) electrons. The lowest BCUT2D eigenvalue weighted by Crippen LogP contribution is -2.22. The molecule has 5 heteroatoms. The number of hydrogen-bond donors (Lipinski definition) is 1. The van der Waals surface area contributed by atoms with E-state index in [9.17, 15) is 14.3 Å². The Morgan fingerprint density at radius 1 is 1.35 bits per heavy atom. The fraction of sp³-hybridized carbons (Fsp3) is 0.333. The van der Waals surface area contributed by atoms with Gasteiger partial charge >= 0.3 is 0 Å². The molecule has 2 aromatic rings. The molecule has 1 heterocycles. The molecule has 0 unspecified atom stereocenters. The molecule has 1 aromatic carbocycles. The Balaban J connectivity index is 1.73. The van der Waals surface area contributed by atoms with Crippen LogP contribution in [0.4, 0.5) is 4.39 Å². The van der Waals surface area contributed by atoms with Crippen molar-refractivity contribution in [2.24, 2.45) is 0 Å². The monoisotopic (exact) mass is 333 g/mol. The average molecular weight is 334 g/mol. The Kier molecular flexibility index (Phi) is 4.74. The quantitative estimate of drug-likeness (QED) is 0.920. The molecule has 0 spiro atoms. The van der Waals surface area contributed by atoms with Gasteiger partial charge in [0.05, 0.1) is 11.8 Å². The maximum Gasteiger partial charge on any atom is 0.140 e. The zero-order chi connectivity index (χ0) is 16.4. The number of pyridine rings is 1. The highest BCUT2D eigenvalue weighted by Crippen LogP contribution is 2.37. The van der Waals surface area contributed by atoms with E-state index >= 15 is 0 Å². The number of hydrogen-bond acceptors (Lipinski definition) is 3. The van der Waals surface area contributed by atoms with E-state index in [2.05, 4.69) is 4.98 Å². The number of halogens is 2. The molecule has 0 fully saturated rings. The Bertz CT molecular complexity index is 735. The number of benzene rings is 1. The van der Waals surface area contributed by atoms with E-state index in [0.29, 0.717) is 36.4 Å². The van der Waals surface area contributed by atoms with Crippen LogP contribution >= 0.6 is 11.6 Å². The molecule has 0 saturated carbocycles. The number of aromatic nitrogens is 1. The lowest BCUT2D eigenvalue weighted by molar-refractivity contribution is -0.121. The number of Topliss-reactive ketones (excluding diaryl/α,β-unsaturated/α-hetero) is 1. The predicted octanol–water partition coefficient (Wildman–Crippen LogP) is 3.99. The van der Waals surface area contributed by atoms with Crippen LogP contribution in [-0.4, -0.2) is 15.9 Å². The first-order chi connectivity index (χ1) is 11.1. The number of ketones is 1. The van der Waals surface area contributed by atoms with Gasteiger partial charge in [0.15, 0.2) is 0 Å². The van der Waals surface area contributed by atoms with Crippen LogP contribution in [-0.2, 0) is 11.2 Å². The fourth-order valence-electron chi connectivity index (χ4n) is 3.11. The van der Waals surface area contributed by atoms with Gasteiger partial charge in [-0.1, -0.05) is 23.7 Å². The van der Waals surface area contributed by atoms with Crippen LogP contribution in [0, 0.1) is 5.82 Å². The number of aryl methyl sites for hydroxylation is 1. The zero-order valence-corrected chi connectivity index (χ0v) is 13.3. The van der Waals surface area contributed by atoms with Crippen molar-refractivity contribution in [1.82, 2.24) is 4.98 Å². The predicted molar refractivity (Wildman–Crippen MR) is 85.9 cm³/mol. The fourth-order valence-corrected chi connectivity index (χ4v) is 3.37. The van der Waals surface area contributed by atoms with Crippen LogP contribution in [0.25, 0.3) is 0 Å². The van der Waals surface area contributed by atoms with Crippen LogP contribution in [0.15, 0.2) is 36.5 Å². The van der Waals surface area contributed by atoms with Crippen molar-refractivity contribution in [1.29, 1.82) is 0 Å². The number of fused-ring (bicyclic) bond motifs is 1. The minimum Gasteiger partial charge on any atom is -0.387 e. The first kappa shape index (κ1) is 16.1. The van der Waals surface area contributed by atoms with Crippen LogP contribution in [0.1, 0.15) is 48.1 Å². The molecule has 0 bridgehead atoms. The maximum absolute atomic E-state index is 13.1. The number of nitrogens with zero attached hydrogens (tertiary/aromatic N) is 1. The van der Waals surface area contributed by atoms with Crippen molar-refractivity contribution < 1.29 is 14.3 Å². The Hall–Kier alpha value is -1.78. The van der Waals surface area contributed by atoms with Gasteiger partial charge in [-0.15, -0.1) is 0 Å². The van der Waals surface area contributed by atoms with Crippen molar-refractivity contribution in [3.63, 3.8) is 0 Å². The molecule has 1 aliphatic carbocycles. The summed E-state index contributed by atoms with van der Waals surface area (Å²) in [4.78, 5) is 16.8. The summed E-state index contributed by atoms with van der Waals surface area (Å²) in [7, 11) is 0. The summed E-state index contributed by atoms with van der Waals surface area (Å²) in [6, 6.07) is 7.87. The highest BCUT2D eigenvalue weighted by molar-refractivity contribution is 6.31. The second-order valence-corrected chi connectivity index (χ2v) is 6.23. The second kappa shape index (κ2) is 6.77. The number of carbonyl (C=O) groups excluding carboxylic acids is 1. The van der Waals surface area contributed by atoms with Crippen LogP contribution in [0.3, 0.4) is 0 Å². The van der Waals surface area contributed by atoms with Crippen LogP contribution in [0.2, 0.25) is 5.02 Å². The number of aliphatic hydroxyl groups is 1. The van der Waals surface area contributed by atoms with Crippen molar-refractivity contribution >= 4 is 17.4 Å². The summed E-state index contributed by atoms with van der Waals surface area (Å²) in [5.41, 5.74) is 2.20. The molecule has 0 amide bonds. The lowest BCUT2D eigenvalue weighted by Gasteiger charge is -2.27. The number of carbonyl (C=O) groups is 1. The molecule has 0 saturated heterocycles. The van der Waals surface area contributed by atoms with Crippen molar-refractivity contribution in [2.45, 2.75) is 37.7 Å². The van der Waals surface area contributed by atoms with Gasteiger partial charge < -0.3 is 5.11 Å². The molecule has 1 N–H and O–H groups in total. The molecule has 2 atom stereocenters. The summed E-state index contributed by atoms with van der Waals surface area (Å²) in [5.74, 6) is -0.515. The van der Waals surface area contributed by atoms with Gasteiger partial charge in [0.1, 0.15) is 11.6 Å². The summed E-state index contributed by atoms with van der Waals surface area (Å²) in [6.07, 6.45) is 3.01. The van der Waals surface area contributed by atoms with Gasteiger partial charge in [0.2, 0.25) is 0 Å². The van der Waals surface area contributed by atoms with Crippen LogP contribution < -0.4 is 0 Å². The first-order valence-electron chi connectivity index (χ1n) is 7.66. The molecular formula is C18H17ClFNO2. The molecular weight excluding hydrogens is 317 g/mol. The highest BCUT2D eigenvalue weighted by atomic mass is 35.5. The van der Waals surface area contributed by atoms with E-state index in [1.165, 1.54) is 12.1 Å². The molecule has 23 heavy (non-hydrogen) atoms. The maximum atomic E-state index is 13.1. The van der Waals surface area contributed by atoms with E-state index in [4.69, 9.17) is 11.6 Å². The molecule has 0 aliphatic heterocycles. The van der Waals surface area contributed by atoms with E-state index in [1.807, 2.05) is 6.07 Å². The third-order valence-electron chi connectivity index (χ3n) is 4.34. The van der Waals surface area contributed by atoms with Gasteiger partial charge in [-0.2, -0.15) is 0 Å². The average Bonchev–Trinajstić information content (AvgIpc) is 2.54. The second-order valence-electron chi connectivity index (χ2n) is 5.83.